The molecular formula is C20H21ClN4O3S. The van der Waals surface area contributed by atoms with E-state index in [1.807, 2.05) is 24.3 Å². The summed E-state index contributed by atoms with van der Waals surface area (Å²) in [5, 5.41) is 0.407. The van der Waals surface area contributed by atoms with Crippen LogP contribution in [0, 0.1) is 0 Å². The number of nitrogens with zero attached hydrogens (tertiary/aromatic N) is 3. The second-order valence-corrected chi connectivity index (χ2v) is 9.48. The number of carbonyl (C=O) groups excluding carboxylic acids is 1. The Labute approximate surface area is 174 Å². The van der Waals surface area contributed by atoms with Crippen LogP contribution < -0.4 is 4.31 Å². The van der Waals surface area contributed by atoms with Crippen molar-refractivity contribution in [2.75, 3.05) is 23.7 Å². The van der Waals surface area contributed by atoms with E-state index in [0.717, 1.165) is 40.3 Å². The van der Waals surface area contributed by atoms with Crippen molar-refractivity contribution in [3.05, 3.63) is 59.4 Å². The fourth-order valence-electron chi connectivity index (χ4n) is 3.72. The number of sulfonamides is 1. The van der Waals surface area contributed by atoms with E-state index in [2.05, 4.69) is 9.97 Å². The number of fused-ring (bicyclic) bond motifs is 1. The van der Waals surface area contributed by atoms with Crippen LogP contribution in [0.15, 0.2) is 48.5 Å². The first-order valence-electron chi connectivity index (χ1n) is 9.30. The normalized spacial score (nSPS) is 17.0. The van der Waals surface area contributed by atoms with Crippen LogP contribution in [-0.2, 0) is 14.8 Å². The summed E-state index contributed by atoms with van der Waals surface area (Å²) in [5.41, 5.74) is 2.13. The van der Waals surface area contributed by atoms with E-state index in [0.29, 0.717) is 17.3 Å². The summed E-state index contributed by atoms with van der Waals surface area (Å²) in [6, 6.07) is 14.0. The average molecular weight is 433 g/mol. The molecule has 1 amide bonds. The van der Waals surface area contributed by atoms with Crippen molar-refractivity contribution in [1.29, 1.82) is 0 Å². The lowest BCUT2D eigenvalue weighted by Crippen LogP contribution is -2.42. The molecule has 29 heavy (non-hydrogen) atoms. The maximum atomic E-state index is 13.1. The zero-order chi connectivity index (χ0) is 20.6. The minimum Gasteiger partial charge on any atom is -0.340 e. The van der Waals surface area contributed by atoms with Crippen molar-refractivity contribution >= 4 is 44.3 Å². The van der Waals surface area contributed by atoms with Crippen LogP contribution in [0.25, 0.3) is 11.0 Å². The van der Waals surface area contributed by atoms with Gasteiger partial charge in [0.05, 0.1) is 29.0 Å². The van der Waals surface area contributed by atoms with Gasteiger partial charge in [-0.05, 0) is 43.2 Å². The summed E-state index contributed by atoms with van der Waals surface area (Å²) in [6.07, 6.45) is 2.70. The third kappa shape index (κ3) is 4.09. The topological polar surface area (TPSA) is 86.4 Å². The molecule has 1 unspecified atom stereocenters. The molecule has 0 aliphatic carbocycles. The molecule has 7 nitrogen and oxygen atoms in total. The predicted molar refractivity (Wildman–Crippen MR) is 113 cm³/mol. The molecule has 152 valence electrons. The van der Waals surface area contributed by atoms with Gasteiger partial charge in [0, 0.05) is 11.6 Å². The smallest absolute Gasteiger partial charge is 0.243 e. The van der Waals surface area contributed by atoms with Crippen molar-refractivity contribution in [3.8, 4) is 0 Å². The first-order chi connectivity index (χ1) is 13.8. The maximum Gasteiger partial charge on any atom is 0.243 e. The first-order valence-corrected chi connectivity index (χ1v) is 11.5. The fourth-order valence-corrected chi connectivity index (χ4v) is 4.75. The fraction of sp³-hybridized carbons (Fsp3) is 0.300. The van der Waals surface area contributed by atoms with Gasteiger partial charge in [-0.25, -0.2) is 13.4 Å². The van der Waals surface area contributed by atoms with Gasteiger partial charge in [0.2, 0.25) is 15.9 Å². The highest BCUT2D eigenvalue weighted by Gasteiger charge is 2.34. The van der Waals surface area contributed by atoms with Crippen LogP contribution in [-0.4, -0.2) is 48.5 Å². The monoisotopic (exact) mass is 432 g/mol. The minimum absolute atomic E-state index is 0.198. The lowest BCUT2D eigenvalue weighted by molar-refractivity contribution is -0.130. The number of amides is 1. The van der Waals surface area contributed by atoms with Crippen LogP contribution in [0.2, 0.25) is 5.02 Å². The summed E-state index contributed by atoms with van der Waals surface area (Å²) in [5.74, 6) is 0.462. The van der Waals surface area contributed by atoms with Crippen molar-refractivity contribution < 1.29 is 13.2 Å². The summed E-state index contributed by atoms with van der Waals surface area (Å²) < 4.78 is 25.8. The Morgan fingerprint density at radius 2 is 2.07 bits per heavy atom. The number of nitrogens with one attached hydrogen (secondary N) is 1. The van der Waals surface area contributed by atoms with Gasteiger partial charge in [0.15, 0.2) is 0 Å². The predicted octanol–water partition coefficient (Wildman–Crippen LogP) is 3.35. The standard InChI is InChI=1S/C20H21ClN4O3S/c1-29(27,28)25(15-7-4-6-14(21)12-15)13-19(26)24-11-5-10-18(24)20-22-16-8-2-3-9-17(16)23-20/h2-4,6-9,12,18H,5,10-11,13H2,1H3,(H,22,23). The van der Waals surface area contributed by atoms with Crippen LogP contribution in [0.1, 0.15) is 24.7 Å². The second kappa shape index (κ2) is 7.68. The molecule has 3 aromatic rings. The number of halogens is 1. The number of hydrogen-bond donors (Lipinski definition) is 1. The van der Waals surface area contributed by atoms with Crippen LogP contribution in [0.5, 0.6) is 0 Å². The molecule has 2 heterocycles. The number of likely N-dealkylation sites (tertiary alicyclic amines) is 1. The van der Waals surface area contributed by atoms with E-state index in [-0.39, 0.29) is 18.5 Å². The Balaban J connectivity index is 1.60. The van der Waals surface area contributed by atoms with Gasteiger partial charge in [-0.15, -0.1) is 0 Å². The zero-order valence-corrected chi connectivity index (χ0v) is 17.4. The SMILES string of the molecule is CS(=O)(=O)N(CC(=O)N1CCCC1c1nc2ccccc2[nH]1)c1cccc(Cl)c1. The van der Waals surface area contributed by atoms with E-state index in [4.69, 9.17) is 11.6 Å². The molecular weight excluding hydrogens is 412 g/mol. The van der Waals surface area contributed by atoms with Crippen molar-refractivity contribution in [2.24, 2.45) is 0 Å². The maximum absolute atomic E-state index is 13.1. The van der Waals surface area contributed by atoms with Crippen molar-refractivity contribution in [1.82, 2.24) is 14.9 Å². The third-order valence-corrected chi connectivity index (χ3v) is 6.45. The lowest BCUT2D eigenvalue weighted by Gasteiger charge is -2.28. The van der Waals surface area contributed by atoms with Crippen LogP contribution in [0.3, 0.4) is 0 Å². The van der Waals surface area contributed by atoms with Gasteiger partial charge in [0.25, 0.3) is 0 Å². The van der Waals surface area contributed by atoms with Gasteiger partial charge in [0.1, 0.15) is 12.4 Å². The van der Waals surface area contributed by atoms with Crippen molar-refractivity contribution in [3.63, 3.8) is 0 Å². The van der Waals surface area contributed by atoms with Gasteiger partial charge in [-0.3, -0.25) is 9.10 Å². The molecule has 0 spiro atoms. The van der Waals surface area contributed by atoms with Crippen LogP contribution >= 0.6 is 11.6 Å². The highest BCUT2D eigenvalue weighted by molar-refractivity contribution is 7.92. The molecule has 9 heteroatoms. The molecule has 2 aromatic carbocycles. The number of H-pyrrole nitrogens is 1. The largest absolute Gasteiger partial charge is 0.340 e. The number of anilines is 1. The number of imidazole rings is 1. The van der Waals surface area contributed by atoms with Crippen molar-refractivity contribution in [2.45, 2.75) is 18.9 Å². The minimum atomic E-state index is -3.66. The molecule has 1 aromatic heterocycles. The second-order valence-electron chi connectivity index (χ2n) is 7.13. The highest BCUT2D eigenvalue weighted by Crippen LogP contribution is 2.32. The summed E-state index contributed by atoms with van der Waals surface area (Å²) in [7, 11) is -3.66. The Morgan fingerprint density at radius 1 is 1.28 bits per heavy atom. The third-order valence-electron chi connectivity index (χ3n) is 5.07. The molecule has 1 fully saturated rings. The first kappa shape index (κ1) is 19.7. The number of aromatic nitrogens is 2. The Hall–Kier alpha value is -2.58. The van der Waals surface area contributed by atoms with E-state index >= 15 is 0 Å². The highest BCUT2D eigenvalue weighted by atomic mass is 35.5. The molecule has 1 N–H and O–H groups in total. The van der Waals surface area contributed by atoms with E-state index in [1.54, 1.807) is 23.1 Å². The number of aromatic amines is 1. The van der Waals surface area contributed by atoms with Gasteiger partial charge in [-0.1, -0.05) is 29.8 Å². The molecule has 0 radical (unpaired) electrons. The number of rotatable bonds is 5. The molecule has 1 saturated heterocycles. The molecule has 0 saturated carbocycles. The van der Waals surface area contributed by atoms with Gasteiger partial charge >= 0.3 is 0 Å². The number of carbonyl (C=O) groups is 1. The van der Waals surface area contributed by atoms with Crippen LogP contribution in [0.4, 0.5) is 5.69 Å². The summed E-state index contributed by atoms with van der Waals surface area (Å²) in [6.45, 7) is 0.281. The van der Waals surface area contributed by atoms with E-state index in [9.17, 15) is 13.2 Å². The average Bonchev–Trinajstić information content (AvgIpc) is 3.31. The molecule has 4 rings (SSSR count). The number of hydrogen-bond acceptors (Lipinski definition) is 4. The molecule has 1 aliphatic heterocycles. The number of benzene rings is 2. The quantitative estimate of drug-likeness (QED) is 0.669. The van der Waals surface area contributed by atoms with E-state index in [1.165, 1.54) is 6.07 Å². The Kier molecular flexibility index (Phi) is 5.23. The zero-order valence-electron chi connectivity index (χ0n) is 15.9. The molecule has 1 atom stereocenters. The Morgan fingerprint density at radius 3 is 2.79 bits per heavy atom. The summed E-state index contributed by atoms with van der Waals surface area (Å²) in [4.78, 5) is 22.7. The molecule has 0 bridgehead atoms. The lowest BCUT2D eigenvalue weighted by atomic mass is 10.2. The number of para-hydroxylation sites is 2. The summed E-state index contributed by atoms with van der Waals surface area (Å²) >= 11 is 6.02. The molecule has 1 aliphatic rings. The van der Waals surface area contributed by atoms with Gasteiger partial charge < -0.3 is 9.88 Å². The van der Waals surface area contributed by atoms with Gasteiger partial charge in [-0.2, -0.15) is 0 Å². The van der Waals surface area contributed by atoms with E-state index < -0.39 is 10.0 Å². The Bertz CT molecular complexity index is 1130.